The Kier molecular flexibility index (Phi) is 5.87. The van der Waals surface area contributed by atoms with Crippen molar-refractivity contribution in [3.63, 3.8) is 0 Å². The number of aliphatic imine (C=N–C) groups is 1. The Hall–Kier alpha value is -3.41. The summed E-state index contributed by atoms with van der Waals surface area (Å²) in [6.45, 7) is 6.13. The quantitative estimate of drug-likeness (QED) is 0.490. The number of ether oxygens (including phenoxy) is 1. The molecule has 2 unspecified atom stereocenters. The molecule has 168 valence electrons. The molecule has 3 heterocycles. The number of nitrogens with one attached hydrogen (secondary N) is 2. The Morgan fingerprint density at radius 3 is 2.56 bits per heavy atom. The van der Waals surface area contributed by atoms with Crippen LogP contribution in [0.1, 0.15) is 12.6 Å². The Balaban J connectivity index is 1.66. The van der Waals surface area contributed by atoms with Crippen molar-refractivity contribution < 1.29 is 22.3 Å². The molecule has 1 aliphatic carbocycles. The van der Waals surface area contributed by atoms with E-state index in [1.165, 1.54) is 12.1 Å². The van der Waals surface area contributed by atoms with E-state index < -0.39 is 17.8 Å². The minimum Gasteiger partial charge on any atom is -0.381 e. The van der Waals surface area contributed by atoms with Gasteiger partial charge in [0.25, 0.3) is 0 Å². The van der Waals surface area contributed by atoms with Gasteiger partial charge in [-0.15, -0.1) is 0 Å². The minimum atomic E-state index is -4.61. The number of hydrogen-bond acceptors (Lipinski definition) is 8. The highest BCUT2D eigenvalue weighted by molar-refractivity contribution is 5.88. The zero-order valence-corrected chi connectivity index (χ0v) is 16.9. The molecule has 32 heavy (non-hydrogen) atoms. The van der Waals surface area contributed by atoms with Gasteiger partial charge in [-0.25, -0.2) is 9.98 Å². The predicted octanol–water partition coefficient (Wildman–Crippen LogP) is 3.84. The molecule has 2 atom stereocenters. The van der Waals surface area contributed by atoms with Crippen LogP contribution in [0.2, 0.25) is 0 Å². The first-order valence-corrected chi connectivity index (χ1v) is 9.69. The zero-order chi connectivity index (χ0) is 22.9. The van der Waals surface area contributed by atoms with Gasteiger partial charge in [-0.2, -0.15) is 32.5 Å². The number of hydrogen-bond donors (Lipinski definition) is 2. The highest BCUT2D eigenvalue weighted by Gasteiger charge is 2.54. The molecular formula is C20H19F4N7O. The van der Waals surface area contributed by atoms with Crippen LogP contribution in [0, 0.1) is 11.8 Å². The summed E-state index contributed by atoms with van der Waals surface area (Å²) in [5.41, 5.74) is -0.828. The van der Waals surface area contributed by atoms with Gasteiger partial charge >= 0.3 is 6.18 Å². The third-order valence-corrected chi connectivity index (χ3v) is 5.01. The fourth-order valence-electron chi connectivity index (χ4n) is 3.45. The zero-order valence-electron chi connectivity index (χ0n) is 16.9. The highest BCUT2D eigenvalue weighted by atomic mass is 19.4. The summed E-state index contributed by atoms with van der Waals surface area (Å²) in [5, 5.41) is 5.98. The topological polar surface area (TPSA) is 97.2 Å². The Labute approximate surface area is 180 Å². The van der Waals surface area contributed by atoms with E-state index in [2.05, 4.69) is 42.1 Å². The summed E-state index contributed by atoms with van der Waals surface area (Å²) in [6, 6.07) is 3.57. The van der Waals surface area contributed by atoms with Gasteiger partial charge in [0.1, 0.15) is 11.4 Å². The van der Waals surface area contributed by atoms with Gasteiger partial charge in [-0.3, -0.25) is 0 Å². The second kappa shape index (κ2) is 8.61. The van der Waals surface area contributed by atoms with Crippen molar-refractivity contribution in [1.82, 2.24) is 19.9 Å². The number of nitrogens with zero attached hydrogens (tertiary/aromatic N) is 5. The highest BCUT2D eigenvalue weighted by Crippen LogP contribution is 2.45. The first-order valence-electron chi connectivity index (χ1n) is 9.69. The van der Waals surface area contributed by atoms with Crippen LogP contribution in [-0.4, -0.2) is 45.2 Å². The number of rotatable bonds is 7. The first kappa shape index (κ1) is 21.8. The van der Waals surface area contributed by atoms with E-state index in [-0.39, 0.29) is 29.5 Å². The van der Waals surface area contributed by atoms with Crippen LogP contribution in [0.5, 0.6) is 0 Å². The van der Waals surface area contributed by atoms with Crippen LogP contribution in [0.3, 0.4) is 0 Å². The molecule has 2 aromatic heterocycles. The summed E-state index contributed by atoms with van der Waals surface area (Å²) in [5.74, 6) is 0.00512. The Morgan fingerprint density at radius 1 is 1.16 bits per heavy atom. The predicted molar refractivity (Wildman–Crippen MR) is 109 cm³/mol. The van der Waals surface area contributed by atoms with Gasteiger partial charge in [0.15, 0.2) is 5.82 Å². The largest absolute Gasteiger partial charge is 0.433 e. The van der Waals surface area contributed by atoms with Crippen molar-refractivity contribution in [3.05, 3.63) is 48.4 Å². The summed E-state index contributed by atoms with van der Waals surface area (Å²) in [4.78, 5) is 19.7. The summed E-state index contributed by atoms with van der Waals surface area (Å²) < 4.78 is 58.3. The van der Waals surface area contributed by atoms with Crippen molar-refractivity contribution in [3.8, 4) is 11.5 Å². The van der Waals surface area contributed by atoms with Crippen LogP contribution in [0.15, 0.2) is 47.7 Å². The van der Waals surface area contributed by atoms with E-state index in [0.717, 1.165) is 18.3 Å². The SMILES string of the molecule is C=C/N=C(F)\C=C(/C)Nc1nc(NC2C3COCC32)nc(-c2cccc(C(F)(F)F)n2)n1. The Bertz CT molecular complexity index is 1080. The second-order valence-corrected chi connectivity index (χ2v) is 7.33. The molecule has 0 bridgehead atoms. The molecule has 8 nitrogen and oxygen atoms in total. The lowest BCUT2D eigenvalue weighted by Gasteiger charge is -2.12. The fraction of sp³-hybridized carbons (Fsp3) is 0.350. The minimum absolute atomic E-state index is 0.0129. The van der Waals surface area contributed by atoms with Gasteiger partial charge in [0.2, 0.25) is 17.9 Å². The van der Waals surface area contributed by atoms with Crippen molar-refractivity contribution in [1.29, 1.82) is 0 Å². The molecular weight excluding hydrogens is 430 g/mol. The van der Waals surface area contributed by atoms with Gasteiger partial charge < -0.3 is 15.4 Å². The van der Waals surface area contributed by atoms with Crippen molar-refractivity contribution in [2.24, 2.45) is 16.8 Å². The van der Waals surface area contributed by atoms with Crippen molar-refractivity contribution >= 4 is 17.9 Å². The maximum atomic E-state index is 13.6. The number of pyridine rings is 1. The molecule has 1 saturated heterocycles. The lowest BCUT2D eigenvalue weighted by molar-refractivity contribution is -0.141. The van der Waals surface area contributed by atoms with Crippen LogP contribution in [-0.2, 0) is 10.9 Å². The number of fused-ring (bicyclic) bond motifs is 1. The summed E-state index contributed by atoms with van der Waals surface area (Å²) >= 11 is 0. The van der Waals surface area contributed by atoms with E-state index in [1.54, 1.807) is 6.92 Å². The molecule has 1 aliphatic heterocycles. The molecule has 2 N–H and O–H groups in total. The lowest BCUT2D eigenvalue weighted by Crippen LogP contribution is -2.16. The smallest absolute Gasteiger partial charge is 0.381 e. The molecule has 1 saturated carbocycles. The monoisotopic (exact) mass is 449 g/mol. The van der Waals surface area contributed by atoms with E-state index in [4.69, 9.17) is 4.74 Å². The van der Waals surface area contributed by atoms with E-state index in [0.29, 0.717) is 30.7 Å². The maximum Gasteiger partial charge on any atom is 0.433 e. The van der Waals surface area contributed by atoms with Crippen LogP contribution in [0.25, 0.3) is 11.5 Å². The molecule has 0 amide bonds. The van der Waals surface area contributed by atoms with Crippen LogP contribution in [0.4, 0.5) is 29.5 Å². The van der Waals surface area contributed by atoms with E-state index in [1.807, 2.05) is 0 Å². The lowest BCUT2D eigenvalue weighted by atomic mass is 10.3. The molecule has 0 aromatic carbocycles. The number of aromatic nitrogens is 4. The van der Waals surface area contributed by atoms with Crippen molar-refractivity contribution in [2.75, 3.05) is 23.8 Å². The first-order chi connectivity index (χ1) is 15.2. The molecule has 0 spiro atoms. The third kappa shape index (κ3) is 4.90. The van der Waals surface area contributed by atoms with Gasteiger partial charge in [-0.05, 0) is 19.1 Å². The third-order valence-electron chi connectivity index (χ3n) is 5.01. The standard InChI is InChI=1S/C20H19F4N7O/c1-3-25-15(21)7-10(2)26-18-29-17(13-5-4-6-14(27-13)20(22,23)24)30-19(31-18)28-16-11-8-32-9-12(11)16/h3-7,11-12,16H,1,8-9H2,2H3,(H2,26,28,29,30,31)/b10-7+,25-15+. The number of allylic oxidation sites excluding steroid dienone is 2. The Morgan fingerprint density at radius 2 is 1.88 bits per heavy atom. The average molecular weight is 449 g/mol. The second-order valence-electron chi connectivity index (χ2n) is 7.33. The molecule has 2 aliphatic rings. The van der Waals surface area contributed by atoms with Crippen LogP contribution >= 0.6 is 0 Å². The number of alkyl halides is 3. The van der Waals surface area contributed by atoms with E-state index in [9.17, 15) is 17.6 Å². The molecule has 2 fully saturated rings. The molecule has 12 heteroatoms. The van der Waals surface area contributed by atoms with Gasteiger partial charge in [-0.1, -0.05) is 12.6 Å². The van der Waals surface area contributed by atoms with E-state index >= 15 is 0 Å². The molecule has 4 rings (SSSR count). The number of halogens is 4. The number of anilines is 2. The normalized spacial score (nSPS) is 23.0. The van der Waals surface area contributed by atoms with Crippen LogP contribution < -0.4 is 10.6 Å². The molecule has 0 radical (unpaired) electrons. The summed E-state index contributed by atoms with van der Waals surface area (Å²) in [7, 11) is 0. The van der Waals surface area contributed by atoms with Gasteiger partial charge in [0, 0.05) is 35.9 Å². The average Bonchev–Trinajstić information content (AvgIpc) is 3.14. The van der Waals surface area contributed by atoms with Crippen molar-refractivity contribution in [2.45, 2.75) is 19.1 Å². The summed E-state index contributed by atoms with van der Waals surface area (Å²) in [6.07, 6.45) is -2.46. The maximum absolute atomic E-state index is 13.6. The fourth-order valence-corrected chi connectivity index (χ4v) is 3.45. The molecule has 2 aromatic rings. The van der Waals surface area contributed by atoms with Gasteiger partial charge in [0.05, 0.1) is 13.2 Å².